The zero-order chi connectivity index (χ0) is 13.9. The lowest BCUT2D eigenvalue weighted by Gasteiger charge is -2.40. The van der Waals surface area contributed by atoms with Gasteiger partial charge in [0.15, 0.2) is 0 Å². The van der Waals surface area contributed by atoms with E-state index >= 15 is 0 Å². The number of benzene rings is 1. The largest absolute Gasteiger partial charge is 0.444 e. The van der Waals surface area contributed by atoms with Gasteiger partial charge >= 0.3 is 6.09 Å². The average molecular weight is 262 g/mol. The van der Waals surface area contributed by atoms with Gasteiger partial charge in [-0.3, -0.25) is 0 Å². The molecule has 0 aliphatic carbocycles. The highest BCUT2D eigenvalue weighted by Crippen LogP contribution is 2.15. The molecule has 0 atom stereocenters. The summed E-state index contributed by atoms with van der Waals surface area (Å²) >= 11 is 0. The Kier molecular flexibility index (Phi) is 4.10. The third kappa shape index (κ3) is 4.24. The van der Waals surface area contributed by atoms with Crippen molar-refractivity contribution in [2.24, 2.45) is 0 Å². The minimum Gasteiger partial charge on any atom is -0.444 e. The van der Waals surface area contributed by atoms with Crippen LogP contribution >= 0.6 is 0 Å². The van der Waals surface area contributed by atoms with Gasteiger partial charge in [-0.2, -0.15) is 0 Å². The second-order valence-electron chi connectivity index (χ2n) is 5.95. The van der Waals surface area contributed by atoms with E-state index in [9.17, 15) is 4.79 Å². The van der Waals surface area contributed by atoms with Crippen LogP contribution in [-0.4, -0.2) is 35.7 Å². The van der Waals surface area contributed by atoms with Gasteiger partial charge in [-0.05, 0) is 26.3 Å². The summed E-state index contributed by atoms with van der Waals surface area (Å²) < 4.78 is 5.31. The fraction of sp³-hybridized carbons (Fsp3) is 0.533. The van der Waals surface area contributed by atoms with E-state index < -0.39 is 5.60 Å². The first-order chi connectivity index (χ1) is 8.94. The van der Waals surface area contributed by atoms with Crippen LogP contribution in [0.25, 0.3) is 0 Å². The van der Waals surface area contributed by atoms with Crippen LogP contribution in [0.2, 0.25) is 0 Å². The predicted octanol–water partition coefficient (Wildman–Crippen LogP) is 2.40. The van der Waals surface area contributed by atoms with Gasteiger partial charge in [-0.25, -0.2) is 4.79 Å². The zero-order valence-corrected chi connectivity index (χ0v) is 11.8. The van der Waals surface area contributed by atoms with Crippen molar-refractivity contribution in [2.75, 3.05) is 13.1 Å². The third-order valence-corrected chi connectivity index (χ3v) is 2.97. The molecule has 4 nitrogen and oxygen atoms in total. The van der Waals surface area contributed by atoms with Crippen molar-refractivity contribution < 1.29 is 9.53 Å². The smallest absolute Gasteiger partial charge is 0.410 e. The number of carbonyl (C=O) groups is 1. The number of ether oxygens (including phenoxy) is 1. The lowest BCUT2D eigenvalue weighted by Crippen LogP contribution is -2.60. The van der Waals surface area contributed by atoms with Crippen molar-refractivity contribution in [2.45, 2.75) is 39.0 Å². The van der Waals surface area contributed by atoms with E-state index in [1.165, 1.54) is 5.56 Å². The SMILES string of the molecule is CC(C)(C)OC(=O)N1CC(NCc2ccccc2)C1. The van der Waals surface area contributed by atoms with E-state index in [4.69, 9.17) is 4.74 Å². The van der Waals surface area contributed by atoms with Crippen molar-refractivity contribution in [1.82, 2.24) is 10.2 Å². The number of likely N-dealkylation sites (tertiary alicyclic amines) is 1. The summed E-state index contributed by atoms with van der Waals surface area (Å²) in [6.45, 7) is 7.94. The Morgan fingerprint density at radius 2 is 1.95 bits per heavy atom. The van der Waals surface area contributed by atoms with Crippen molar-refractivity contribution in [1.29, 1.82) is 0 Å². The van der Waals surface area contributed by atoms with E-state index in [0.717, 1.165) is 19.6 Å². The molecule has 0 bridgehead atoms. The first-order valence-corrected chi connectivity index (χ1v) is 6.69. The molecule has 1 saturated heterocycles. The fourth-order valence-corrected chi connectivity index (χ4v) is 1.94. The van der Waals surface area contributed by atoms with Crippen LogP contribution in [0.4, 0.5) is 4.79 Å². The molecule has 104 valence electrons. The molecule has 1 N–H and O–H groups in total. The molecular formula is C15H22N2O2. The van der Waals surface area contributed by atoms with Crippen molar-refractivity contribution in [3.8, 4) is 0 Å². The number of rotatable bonds is 3. The number of hydrogen-bond acceptors (Lipinski definition) is 3. The van der Waals surface area contributed by atoms with Crippen LogP contribution in [0.3, 0.4) is 0 Å². The lowest BCUT2D eigenvalue weighted by atomic mass is 10.1. The second-order valence-corrected chi connectivity index (χ2v) is 5.95. The topological polar surface area (TPSA) is 41.6 Å². The van der Waals surface area contributed by atoms with Crippen LogP contribution in [-0.2, 0) is 11.3 Å². The summed E-state index contributed by atoms with van der Waals surface area (Å²) in [6, 6.07) is 10.6. The number of hydrogen-bond donors (Lipinski definition) is 1. The highest BCUT2D eigenvalue weighted by atomic mass is 16.6. The molecule has 1 aromatic rings. The minimum absolute atomic E-state index is 0.217. The maximum Gasteiger partial charge on any atom is 0.410 e. The number of amides is 1. The minimum atomic E-state index is -0.417. The molecule has 1 aliphatic rings. The molecule has 2 rings (SSSR count). The molecule has 0 radical (unpaired) electrons. The molecule has 0 saturated carbocycles. The maximum atomic E-state index is 11.7. The molecule has 19 heavy (non-hydrogen) atoms. The summed E-state index contributed by atoms with van der Waals surface area (Å²) in [5.74, 6) is 0. The van der Waals surface area contributed by atoms with Crippen LogP contribution in [0.15, 0.2) is 30.3 Å². The van der Waals surface area contributed by atoms with E-state index in [-0.39, 0.29) is 6.09 Å². The Balaban J connectivity index is 1.68. The first-order valence-electron chi connectivity index (χ1n) is 6.69. The van der Waals surface area contributed by atoms with Gasteiger partial charge in [-0.1, -0.05) is 30.3 Å². The molecule has 1 aromatic carbocycles. The molecule has 1 heterocycles. The van der Waals surface area contributed by atoms with Crippen LogP contribution < -0.4 is 5.32 Å². The van der Waals surface area contributed by atoms with Crippen molar-refractivity contribution in [3.63, 3.8) is 0 Å². The molecular weight excluding hydrogens is 240 g/mol. The van der Waals surface area contributed by atoms with E-state index in [0.29, 0.717) is 6.04 Å². The van der Waals surface area contributed by atoms with Gasteiger partial charge in [0.05, 0.1) is 0 Å². The molecule has 4 heteroatoms. The summed E-state index contributed by atoms with van der Waals surface area (Å²) in [6.07, 6.45) is -0.217. The van der Waals surface area contributed by atoms with Crippen LogP contribution in [0.1, 0.15) is 26.3 Å². The van der Waals surface area contributed by atoms with Crippen LogP contribution in [0, 0.1) is 0 Å². The van der Waals surface area contributed by atoms with Crippen LogP contribution in [0.5, 0.6) is 0 Å². The summed E-state index contributed by atoms with van der Waals surface area (Å²) in [7, 11) is 0. The van der Waals surface area contributed by atoms with E-state index in [2.05, 4.69) is 17.4 Å². The fourth-order valence-electron chi connectivity index (χ4n) is 1.94. The predicted molar refractivity (Wildman–Crippen MR) is 74.9 cm³/mol. The normalized spacial score (nSPS) is 16.1. The highest BCUT2D eigenvalue weighted by molar-refractivity contribution is 5.69. The van der Waals surface area contributed by atoms with Crippen molar-refractivity contribution in [3.05, 3.63) is 35.9 Å². The Morgan fingerprint density at radius 1 is 1.32 bits per heavy atom. The molecule has 0 spiro atoms. The summed E-state index contributed by atoms with van der Waals surface area (Å²) in [4.78, 5) is 13.5. The average Bonchev–Trinajstić information content (AvgIpc) is 2.25. The second kappa shape index (κ2) is 5.61. The summed E-state index contributed by atoms with van der Waals surface area (Å²) in [5.41, 5.74) is 0.845. The molecule has 1 fully saturated rings. The van der Waals surface area contributed by atoms with Gasteiger partial charge in [-0.15, -0.1) is 0 Å². The van der Waals surface area contributed by atoms with E-state index in [1.807, 2.05) is 39.0 Å². The number of nitrogens with one attached hydrogen (secondary N) is 1. The molecule has 1 aliphatic heterocycles. The number of nitrogens with zero attached hydrogens (tertiary/aromatic N) is 1. The quantitative estimate of drug-likeness (QED) is 0.909. The zero-order valence-electron chi connectivity index (χ0n) is 11.8. The Bertz CT molecular complexity index is 420. The first kappa shape index (κ1) is 13.9. The van der Waals surface area contributed by atoms with Gasteiger partial charge in [0.25, 0.3) is 0 Å². The molecule has 1 amide bonds. The van der Waals surface area contributed by atoms with E-state index in [1.54, 1.807) is 4.90 Å². The molecule has 0 unspecified atom stereocenters. The standard InChI is InChI=1S/C15H22N2O2/c1-15(2,3)19-14(18)17-10-13(11-17)16-9-12-7-5-4-6-8-12/h4-8,13,16H,9-11H2,1-3H3. The summed E-state index contributed by atoms with van der Waals surface area (Å²) in [5, 5.41) is 3.43. The Hall–Kier alpha value is -1.55. The Morgan fingerprint density at radius 3 is 2.53 bits per heavy atom. The Labute approximate surface area is 114 Å². The van der Waals surface area contributed by atoms with Gasteiger partial charge in [0.2, 0.25) is 0 Å². The molecule has 0 aromatic heterocycles. The lowest BCUT2D eigenvalue weighted by molar-refractivity contribution is 0.00519. The highest BCUT2D eigenvalue weighted by Gasteiger charge is 2.33. The van der Waals surface area contributed by atoms with Gasteiger partial charge in [0, 0.05) is 25.7 Å². The van der Waals surface area contributed by atoms with Gasteiger partial charge in [0.1, 0.15) is 5.60 Å². The van der Waals surface area contributed by atoms with Gasteiger partial charge < -0.3 is 15.0 Å². The monoisotopic (exact) mass is 262 g/mol. The number of carbonyl (C=O) groups excluding carboxylic acids is 1. The maximum absolute atomic E-state index is 11.7. The van der Waals surface area contributed by atoms with Crippen molar-refractivity contribution >= 4 is 6.09 Å². The third-order valence-electron chi connectivity index (χ3n) is 2.97.